The van der Waals surface area contributed by atoms with Crippen molar-refractivity contribution < 1.29 is 14.3 Å². The Balaban J connectivity index is 2.51. The van der Waals surface area contributed by atoms with Crippen LogP contribution in [0.3, 0.4) is 0 Å². The van der Waals surface area contributed by atoms with Crippen molar-refractivity contribution in [2.75, 3.05) is 0 Å². The molecule has 1 aromatic rings. The molecule has 0 spiro atoms. The highest BCUT2D eigenvalue weighted by Gasteiger charge is 2.18. The van der Waals surface area contributed by atoms with E-state index < -0.39 is 11.9 Å². The predicted molar refractivity (Wildman–Crippen MR) is 79.2 cm³/mol. The first-order valence-corrected chi connectivity index (χ1v) is 7.13. The fourth-order valence-electron chi connectivity index (χ4n) is 2.22. The topological polar surface area (TPSA) is 37.3 Å². The fourth-order valence-corrected chi connectivity index (χ4v) is 2.22. The molecule has 1 aromatic carbocycles. The minimum absolute atomic E-state index is 0.266. The number of halogens is 1. The minimum Gasteiger partial charge on any atom is -0.481 e. The summed E-state index contributed by atoms with van der Waals surface area (Å²) in [6, 6.07) is 4.96. The van der Waals surface area contributed by atoms with Crippen LogP contribution in [-0.4, -0.2) is 11.1 Å². The highest BCUT2D eigenvalue weighted by atomic mass is 19.1. The third kappa shape index (κ3) is 5.55. The van der Waals surface area contributed by atoms with Crippen LogP contribution < -0.4 is 0 Å². The summed E-state index contributed by atoms with van der Waals surface area (Å²) >= 11 is 0. The molecular weight excluding hydrogens is 255 g/mol. The van der Waals surface area contributed by atoms with E-state index in [9.17, 15) is 14.3 Å². The maximum absolute atomic E-state index is 13.5. The van der Waals surface area contributed by atoms with Gasteiger partial charge in [-0.05, 0) is 49.8 Å². The molecule has 0 fully saturated rings. The van der Waals surface area contributed by atoms with Crippen LogP contribution in [0.4, 0.5) is 4.39 Å². The lowest BCUT2D eigenvalue weighted by Crippen LogP contribution is -2.16. The summed E-state index contributed by atoms with van der Waals surface area (Å²) in [6.45, 7) is 5.36. The first-order chi connectivity index (χ1) is 9.54. The lowest BCUT2D eigenvalue weighted by atomic mass is 9.93. The molecule has 0 saturated heterocycles. The number of carbonyl (C=O) groups is 1. The number of benzene rings is 1. The number of allylic oxidation sites excluding steroid dienone is 1. The number of unbranched alkanes of at least 4 members (excludes halogenated alkanes) is 3. The van der Waals surface area contributed by atoms with Crippen LogP contribution in [-0.2, 0) is 11.2 Å². The van der Waals surface area contributed by atoms with Crippen molar-refractivity contribution in [1.82, 2.24) is 0 Å². The number of hydrogen-bond acceptors (Lipinski definition) is 1. The standard InChI is InChI=1S/C17H23FO2/c1-3-4-5-6-7-8-15(17(19)20)11-14-10-9-13(2)16(18)12-14/h3,9-10,12,15H,1,4-8,11H2,2H3,(H,19,20)/t15-/m1/s1. The molecule has 1 atom stereocenters. The molecule has 0 aromatic heterocycles. The smallest absolute Gasteiger partial charge is 0.306 e. The molecule has 1 N–H and O–H groups in total. The van der Waals surface area contributed by atoms with Crippen LogP contribution >= 0.6 is 0 Å². The van der Waals surface area contributed by atoms with Gasteiger partial charge in [0.25, 0.3) is 0 Å². The lowest BCUT2D eigenvalue weighted by molar-refractivity contribution is -0.142. The Morgan fingerprint density at radius 1 is 1.40 bits per heavy atom. The number of rotatable bonds is 9. The quantitative estimate of drug-likeness (QED) is 0.533. The third-order valence-electron chi connectivity index (χ3n) is 3.53. The number of carboxylic acid groups (broad SMARTS) is 1. The van der Waals surface area contributed by atoms with E-state index >= 15 is 0 Å². The molecule has 0 aliphatic rings. The Bertz CT molecular complexity index is 454. The zero-order chi connectivity index (χ0) is 15.0. The average molecular weight is 278 g/mol. The molecule has 0 radical (unpaired) electrons. The first-order valence-electron chi connectivity index (χ1n) is 7.13. The third-order valence-corrected chi connectivity index (χ3v) is 3.53. The molecule has 0 heterocycles. The molecule has 0 saturated carbocycles. The second-order valence-corrected chi connectivity index (χ2v) is 5.25. The molecule has 0 unspecified atom stereocenters. The van der Waals surface area contributed by atoms with Gasteiger partial charge < -0.3 is 5.11 Å². The minimum atomic E-state index is -0.797. The largest absolute Gasteiger partial charge is 0.481 e. The predicted octanol–water partition coefficient (Wildman–Crippen LogP) is 4.51. The van der Waals surface area contributed by atoms with Gasteiger partial charge in [-0.1, -0.05) is 31.1 Å². The first kappa shape index (κ1) is 16.4. The lowest BCUT2D eigenvalue weighted by Gasteiger charge is -2.12. The van der Waals surface area contributed by atoms with Gasteiger partial charge in [-0.15, -0.1) is 6.58 Å². The molecule has 0 amide bonds. The van der Waals surface area contributed by atoms with Crippen molar-refractivity contribution in [3.05, 3.63) is 47.8 Å². The SMILES string of the molecule is C=CCCCCC[C@H](Cc1ccc(C)c(F)c1)C(=O)O. The number of hydrogen-bond donors (Lipinski definition) is 1. The second-order valence-electron chi connectivity index (χ2n) is 5.25. The Kier molecular flexibility index (Phi) is 6.99. The Morgan fingerprint density at radius 3 is 2.75 bits per heavy atom. The molecule has 110 valence electrons. The van der Waals surface area contributed by atoms with Gasteiger partial charge in [0.05, 0.1) is 5.92 Å². The van der Waals surface area contributed by atoms with Gasteiger partial charge in [-0.3, -0.25) is 4.79 Å². The molecule has 0 aliphatic heterocycles. The molecule has 2 nitrogen and oxygen atoms in total. The van der Waals surface area contributed by atoms with E-state index in [0.717, 1.165) is 31.2 Å². The summed E-state index contributed by atoms with van der Waals surface area (Å²) in [5, 5.41) is 9.25. The fraction of sp³-hybridized carbons (Fsp3) is 0.471. The van der Waals surface area contributed by atoms with Crippen molar-refractivity contribution in [2.45, 2.75) is 45.4 Å². The zero-order valence-electron chi connectivity index (χ0n) is 12.1. The van der Waals surface area contributed by atoms with E-state index in [1.54, 1.807) is 13.0 Å². The second kappa shape index (κ2) is 8.51. The van der Waals surface area contributed by atoms with Crippen molar-refractivity contribution in [3.8, 4) is 0 Å². The monoisotopic (exact) mass is 278 g/mol. The van der Waals surface area contributed by atoms with Gasteiger partial charge in [0.1, 0.15) is 5.82 Å². The normalized spacial score (nSPS) is 12.1. The highest BCUT2D eigenvalue weighted by Crippen LogP contribution is 2.19. The summed E-state index contributed by atoms with van der Waals surface area (Å²) in [7, 11) is 0. The van der Waals surface area contributed by atoms with E-state index in [2.05, 4.69) is 6.58 Å². The van der Waals surface area contributed by atoms with E-state index in [-0.39, 0.29) is 5.82 Å². The summed E-state index contributed by atoms with van der Waals surface area (Å²) in [5.41, 5.74) is 1.34. The van der Waals surface area contributed by atoms with Crippen LogP contribution in [0.15, 0.2) is 30.9 Å². The summed E-state index contributed by atoms with van der Waals surface area (Å²) in [5.74, 6) is -1.49. The maximum Gasteiger partial charge on any atom is 0.306 e. The molecule has 1 rings (SSSR count). The average Bonchev–Trinajstić information content (AvgIpc) is 2.41. The molecule has 0 aliphatic carbocycles. The van der Waals surface area contributed by atoms with Crippen LogP contribution in [0.5, 0.6) is 0 Å². The number of aryl methyl sites for hydroxylation is 1. The van der Waals surface area contributed by atoms with E-state index in [1.165, 1.54) is 6.07 Å². The van der Waals surface area contributed by atoms with Crippen LogP contribution in [0, 0.1) is 18.7 Å². The highest BCUT2D eigenvalue weighted by molar-refractivity contribution is 5.70. The van der Waals surface area contributed by atoms with E-state index in [1.807, 2.05) is 12.1 Å². The zero-order valence-corrected chi connectivity index (χ0v) is 12.1. The summed E-state index contributed by atoms with van der Waals surface area (Å²) in [6.07, 6.45) is 6.84. The Hall–Kier alpha value is -1.64. The van der Waals surface area contributed by atoms with Crippen molar-refractivity contribution in [2.24, 2.45) is 5.92 Å². The number of carboxylic acids is 1. The van der Waals surface area contributed by atoms with Crippen LogP contribution in [0.25, 0.3) is 0 Å². The van der Waals surface area contributed by atoms with Crippen molar-refractivity contribution >= 4 is 5.97 Å². The van der Waals surface area contributed by atoms with Crippen molar-refractivity contribution in [3.63, 3.8) is 0 Å². The molecule has 20 heavy (non-hydrogen) atoms. The molecular formula is C17H23FO2. The van der Waals surface area contributed by atoms with Gasteiger partial charge in [0, 0.05) is 0 Å². The molecule has 3 heteroatoms. The molecule has 0 bridgehead atoms. The summed E-state index contributed by atoms with van der Waals surface area (Å²) < 4.78 is 13.5. The van der Waals surface area contributed by atoms with E-state index in [4.69, 9.17) is 0 Å². The van der Waals surface area contributed by atoms with Gasteiger partial charge in [0.2, 0.25) is 0 Å². The van der Waals surface area contributed by atoms with Crippen molar-refractivity contribution in [1.29, 1.82) is 0 Å². The van der Waals surface area contributed by atoms with Crippen LogP contribution in [0.2, 0.25) is 0 Å². The van der Waals surface area contributed by atoms with Gasteiger partial charge in [-0.25, -0.2) is 4.39 Å². The van der Waals surface area contributed by atoms with E-state index in [0.29, 0.717) is 18.4 Å². The summed E-state index contributed by atoms with van der Waals surface area (Å²) in [4.78, 5) is 11.3. The maximum atomic E-state index is 13.5. The van der Waals surface area contributed by atoms with Gasteiger partial charge >= 0.3 is 5.97 Å². The van der Waals surface area contributed by atoms with Gasteiger partial charge in [-0.2, -0.15) is 0 Å². The Labute approximate surface area is 120 Å². The van der Waals surface area contributed by atoms with Crippen LogP contribution in [0.1, 0.15) is 43.2 Å². The number of aliphatic carboxylic acids is 1. The van der Waals surface area contributed by atoms with Gasteiger partial charge in [0.15, 0.2) is 0 Å². The Morgan fingerprint density at radius 2 is 2.15 bits per heavy atom.